The molecule has 2 amide bonds. The molecule has 2 aromatic carbocycles. The lowest BCUT2D eigenvalue weighted by molar-refractivity contribution is 0.241. The molecule has 0 radical (unpaired) electrons. The van der Waals surface area contributed by atoms with E-state index in [0.29, 0.717) is 24.5 Å². The Morgan fingerprint density at radius 3 is 2.14 bits per heavy atom. The lowest BCUT2D eigenvalue weighted by atomic mass is 10.1. The second-order valence-corrected chi connectivity index (χ2v) is 5.38. The molecular formula is C17H18ClFN2O. The lowest BCUT2D eigenvalue weighted by Crippen LogP contribution is -2.37. The van der Waals surface area contributed by atoms with Crippen LogP contribution in [0.3, 0.4) is 0 Å². The van der Waals surface area contributed by atoms with Gasteiger partial charge in [0, 0.05) is 18.1 Å². The van der Waals surface area contributed by atoms with Crippen LogP contribution in [0.2, 0.25) is 5.02 Å². The summed E-state index contributed by atoms with van der Waals surface area (Å²) in [5.74, 6) is -0.261. The quantitative estimate of drug-likeness (QED) is 0.839. The molecule has 2 N–H and O–H groups in total. The summed E-state index contributed by atoms with van der Waals surface area (Å²) in [6.45, 7) is 0.999. The topological polar surface area (TPSA) is 41.1 Å². The smallest absolute Gasteiger partial charge is 0.314 e. The van der Waals surface area contributed by atoms with Gasteiger partial charge in [-0.15, -0.1) is 0 Å². The summed E-state index contributed by atoms with van der Waals surface area (Å²) in [5.41, 5.74) is 1.94. The van der Waals surface area contributed by atoms with E-state index in [1.807, 2.05) is 30.3 Å². The Labute approximate surface area is 134 Å². The van der Waals surface area contributed by atoms with Crippen LogP contribution in [-0.4, -0.2) is 19.1 Å². The van der Waals surface area contributed by atoms with E-state index in [9.17, 15) is 9.18 Å². The Morgan fingerprint density at radius 2 is 1.55 bits per heavy atom. The third-order valence-corrected chi connectivity index (χ3v) is 3.41. The fourth-order valence-corrected chi connectivity index (χ4v) is 2.30. The summed E-state index contributed by atoms with van der Waals surface area (Å²) in [6, 6.07) is 13.7. The number of nitrogens with one attached hydrogen (secondary N) is 2. The molecule has 0 spiro atoms. The van der Waals surface area contributed by atoms with Gasteiger partial charge in [0.15, 0.2) is 0 Å². The normalized spacial score (nSPS) is 10.3. The number of carbonyl (C=O) groups excluding carboxylic acids is 1. The Balaban J connectivity index is 1.64. The van der Waals surface area contributed by atoms with Crippen molar-refractivity contribution in [3.63, 3.8) is 0 Å². The molecule has 0 aromatic heterocycles. The van der Waals surface area contributed by atoms with Crippen LogP contribution in [-0.2, 0) is 12.8 Å². The van der Waals surface area contributed by atoms with Gasteiger partial charge in [0.25, 0.3) is 0 Å². The molecule has 0 fully saturated rings. The predicted octanol–water partition coefficient (Wildman–Crippen LogP) is 3.56. The van der Waals surface area contributed by atoms with Gasteiger partial charge in [0.2, 0.25) is 0 Å². The third-order valence-electron chi connectivity index (χ3n) is 3.18. The highest BCUT2D eigenvalue weighted by Crippen LogP contribution is 2.10. The number of hydrogen-bond acceptors (Lipinski definition) is 1. The Morgan fingerprint density at radius 1 is 0.955 bits per heavy atom. The van der Waals surface area contributed by atoms with Crippen LogP contribution in [0.5, 0.6) is 0 Å². The van der Waals surface area contributed by atoms with E-state index in [1.54, 1.807) is 6.07 Å². The van der Waals surface area contributed by atoms with E-state index in [2.05, 4.69) is 10.6 Å². The summed E-state index contributed by atoms with van der Waals surface area (Å²) >= 11 is 5.90. The monoisotopic (exact) mass is 320 g/mol. The molecule has 3 nitrogen and oxygen atoms in total. The largest absolute Gasteiger partial charge is 0.338 e. The minimum atomic E-state index is -0.261. The van der Waals surface area contributed by atoms with E-state index in [1.165, 1.54) is 12.1 Å². The van der Waals surface area contributed by atoms with E-state index in [4.69, 9.17) is 11.6 Å². The van der Waals surface area contributed by atoms with Gasteiger partial charge >= 0.3 is 6.03 Å². The Bertz CT molecular complexity index is 580. The van der Waals surface area contributed by atoms with Gasteiger partial charge in [-0.3, -0.25) is 0 Å². The van der Waals surface area contributed by atoms with Crippen molar-refractivity contribution in [3.8, 4) is 0 Å². The average Bonchev–Trinajstić information content (AvgIpc) is 2.47. The summed E-state index contributed by atoms with van der Waals surface area (Å²) in [5, 5.41) is 6.22. The molecule has 0 saturated heterocycles. The standard InChI is InChI=1S/C17H18ClFN2O/c18-15-5-1-3-13(11-15)7-9-20-17(22)21-10-8-14-4-2-6-16(19)12-14/h1-6,11-12H,7-10H2,(H2,20,21,22). The first-order valence-corrected chi connectivity index (χ1v) is 7.52. The number of carbonyl (C=O) groups is 1. The molecule has 0 unspecified atom stereocenters. The second-order valence-electron chi connectivity index (χ2n) is 4.94. The van der Waals surface area contributed by atoms with E-state index in [-0.39, 0.29) is 11.8 Å². The van der Waals surface area contributed by atoms with Crippen molar-refractivity contribution >= 4 is 17.6 Å². The van der Waals surface area contributed by atoms with E-state index < -0.39 is 0 Å². The molecule has 0 heterocycles. The molecule has 0 atom stereocenters. The zero-order valence-corrected chi connectivity index (χ0v) is 12.9. The number of benzene rings is 2. The highest BCUT2D eigenvalue weighted by molar-refractivity contribution is 6.30. The Kier molecular flexibility index (Phi) is 6.22. The zero-order chi connectivity index (χ0) is 15.8. The van der Waals surface area contributed by atoms with Crippen LogP contribution < -0.4 is 10.6 Å². The van der Waals surface area contributed by atoms with Crippen molar-refractivity contribution in [1.82, 2.24) is 10.6 Å². The summed E-state index contributed by atoms with van der Waals surface area (Å²) in [4.78, 5) is 11.6. The molecule has 5 heteroatoms. The maximum absolute atomic E-state index is 13.0. The number of urea groups is 1. The minimum Gasteiger partial charge on any atom is -0.338 e. The fourth-order valence-electron chi connectivity index (χ4n) is 2.09. The van der Waals surface area contributed by atoms with Gasteiger partial charge in [-0.2, -0.15) is 0 Å². The maximum Gasteiger partial charge on any atom is 0.314 e. The summed E-state index contributed by atoms with van der Waals surface area (Å²) in [6.07, 6.45) is 1.32. The van der Waals surface area contributed by atoms with Crippen LogP contribution in [0.15, 0.2) is 48.5 Å². The van der Waals surface area contributed by atoms with Crippen LogP contribution in [0.1, 0.15) is 11.1 Å². The van der Waals surface area contributed by atoms with Crippen molar-refractivity contribution in [1.29, 1.82) is 0 Å². The molecule has 22 heavy (non-hydrogen) atoms. The lowest BCUT2D eigenvalue weighted by Gasteiger charge is -2.08. The number of halogens is 2. The highest BCUT2D eigenvalue weighted by Gasteiger charge is 2.01. The average molecular weight is 321 g/mol. The van der Waals surface area contributed by atoms with Gasteiger partial charge in [-0.05, 0) is 48.2 Å². The fraction of sp³-hybridized carbons (Fsp3) is 0.235. The summed E-state index contributed by atoms with van der Waals surface area (Å²) in [7, 11) is 0. The van der Waals surface area contributed by atoms with Gasteiger partial charge in [0.1, 0.15) is 5.82 Å². The van der Waals surface area contributed by atoms with Crippen molar-refractivity contribution in [2.24, 2.45) is 0 Å². The Hall–Kier alpha value is -2.07. The minimum absolute atomic E-state index is 0.224. The molecule has 2 rings (SSSR count). The van der Waals surface area contributed by atoms with Crippen LogP contribution >= 0.6 is 11.6 Å². The summed E-state index contributed by atoms with van der Waals surface area (Å²) < 4.78 is 13.0. The van der Waals surface area contributed by atoms with Crippen molar-refractivity contribution in [3.05, 3.63) is 70.5 Å². The number of amides is 2. The predicted molar refractivity (Wildman–Crippen MR) is 86.7 cm³/mol. The van der Waals surface area contributed by atoms with Crippen molar-refractivity contribution in [2.75, 3.05) is 13.1 Å². The molecule has 0 aliphatic carbocycles. The van der Waals surface area contributed by atoms with Gasteiger partial charge in [-0.25, -0.2) is 9.18 Å². The van der Waals surface area contributed by atoms with Gasteiger partial charge in [0.05, 0.1) is 0 Å². The molecule has 0 bridgehead atoms. The SMILES string of the molecule is O=C(NCCc1cccc(F)c1)NCCc1cccc(Cl)c1. The molecule has 2 aromatic rings. The highest BCUT2D eigenvalue weighted by atomic mass is 35.5. The first-order chi connectivity index (χ1) is 10.6. The third kappa shape index (κ3) is 5.74. The zero-order valence-electron chi connectivity index (χ0n) is 12.1. The van der Waals surface area contributed by atoms with Gasteiger partial charge < -0.3 is 10.6 Å². The van der Waals surface area contributed by atoms with Crippen molar-refractivity contribution < 1.29 is 9.18 Å². The molecular weight excluding hydrogens is 303 g/mol. The van der Waals surface area contributed by atoms with Crippen LogP contribution in [0.25, 0.3) is 0 Å². The number of hydrogen-bond donors (Lipinski definition) is 2. The molecule has 0 saturated carbocycles. The maximum atomic E-state index is 13.0. The van der Waals surface area contributed by atoms with Crippen LogP contribution in [0, 0.1) is 5.82 Å². The van der Waals surface area contributed by atoms with Crippen molar-refractivity contribution in [2.45, 2.75) is 12.8 Å². The first-order valence-electron chi connectivity index (χ1n) is 7.14. The first kappa shape index (κ1) is 16.3. The van der Waals surface area contributed by atoms with Gasteiger partial charge in [-0.1, -0.05) is 35.9 Å². The molecule has 0 aliphatic heterocycles. The molecule has 116 valence electrons. The van der Waals surface area contributed by atoms with E-state index >= 15 is 0 Å². The van der Waals surface area contributed by atoms with Crippen LogP contribution in [0.4, 0.5) is 9.18 Å². The molecule has 0 aliphatic rings. The van der Waals surface area contributed by atoms with E-state index in [0.717, 1.165) is 17.5 Å². The number of rotatable bonds is 6. The second kappa shape index (κ2) is 8.39.